The quantitative estimate of drug-likeness (QED) is 0.156. The molecule has 232 valence electrons. The number of ketones is 1. The van der Waals surface area contributed by atoms with Gasteiger partial charge in [-0.05, 0) is 94.4 Å². The molecule has 0 saturated heterocycles. The zero-order valence-electron chi connectivity index (χ0n) is 27.0. The van der Waals surface area contributed by atoms with Crippen molar-refractivity contribution in [2.75, 3.05) is 6.61 Å². The molecule has 0 bridgehead atoms. The van der Waals surface area contributed by atoms with Crippen molar-refractivity contribution in [3.05, 3.63) is 59.2 Å². The fourth-order valence-electron chi connectivity index (χ4n) is 6.27. The van der Waals surface area contributed by atoms with Crippen molar-refractivity contribution in [2.24, 2.45) is 17.8 Å². The summed E-state index contributed by atoms with van der Waals surface area (Å²) < 4.78 is 9.63. The lowest BCUT2D eigenvalue weighted by Gasteiger charge is -2.27. The average Bonchev–Trinajstić information content (AvgIpc) is 3.88. The number of carbonyl (C=O) groups excluding carboxylic acids is 2. The van der Waals surface area contributed by atoms with Crippen molar-refractivity contribution in [1.82, 2.24) is 24.9 Å². The number of ether oxygens (including phenoxy) is 1. The molecule has 2 heterocycles. The van der Waals surface area contributed by atoms with Crippen LogP contribution in [0, 0.1) is 31.6 Å². The predicted molar refractivity (Wildman–Crippen MR) is 173 cm³/mol. The van der Waals surface area contributed by atoms with Gasteiger partial charge in [-0.3, -0.25) is 14.3 Å². The van der Waals surface area contributed by atoms with E-state index in [0.717, 1.165) is 66.4 Å². The largest absolute Gasteiger partial charge is 0.360 e. The van der Waals surface area contributed by atoms with Gasteiger partial charge in [0.15, 0.2) is 5.78 Å². The molecule has 2 saturated carbocycles. The van der Waals surface area contributed by atoms with Gasteiger partial charge in [0.25, 0.3) is 5.91 Å². The molecule has 0 unspecified atom stereocenters. The average molecular weight is 604 g/mol. The molecule has 1 atom stereocenters. The fraction of sp³-hybridized carbons (Fsp3) is 0.588. The number of nitrogens with one attached hydrogen (secondary N) is 1. The number of benzene rings is 1. The molecule has 5 rings (SSSR count). The van der Waals surface area contributed by atoms with Gasteiger partial charge < -0.3 is 10.1 Å². The van der Waals surface area contributed by atoms with Gasteiger partial charge >= 0.3 is 0 Å². The van der Waals surface area contributed by atoms with Crippen molar-refractivity contribution in [3.8, 4) is 11.1 Å². The normalized spacial score (nSPS) is 16.2. The van der Waals surface area contributed by atoms with E-state index in [1.807, 2.05) is 37.6 Å². The monoisotopic (exact) mass is 603 g/mol. The lowest BCUT2D eigenvalue weighted by Crippen LogP contribution is -2.48. The Balaban J connectivity index is 1.29. The van der Waals surface area contributed by atoms with Gasteiger partial charge in [0, 0.05) is 44.6 Å². The maximum atomic E-state index is 13.9. The standard InChI is InChI=1S/C34H49N5O3Si/c1-22(2)39-29(16-17-35-39)34(41)36-33(32(27-12-13-27)28-14-15-28)30(40)20-25-8-10-26(11-9-25)31-23(3)37-38(24(31)4)21-42-18-19-43(5,6)7/h8-11,16-17,22,27-28,32-33H,12-15,18-21H2,1-7H3,(H,36,41)/t33-/m1/s1. The van der Waals surface area contributed by atoms with Gasteiger partial charge in [0.2, 0.25) is 0 Å². The number of Topliss-reactive ketones (excluding diaryl/α,β-unsaturated/α-hetero) is 1. The number of amides is 1. The second kappa shape index (κ2) is 12.9. The molecule has 2 aliphatic rings. The molecule has 9 heteroatoms. The van der Waals surface area contributed by atoms with Gasteiger partial charge in [-0.25, -0.2) is 4.68 Å². The summed E-state index contributed by atoms with van der Waals surface area (Å²) in [5, 5.41) is 12.3. The van der Waals surface area contributed by atoms with Gasteiger partial charge in [-0.15, -0.1) is 0 Å². The molecule has 0 radical (unpaired) electrons. The summed E-state index contributed by atoms with van der Waals surface area (Å²) in [6, 6.07) is 10.7. The highest BCUT2D eigenvalue weighted by Gasteiger charge is 2.48. The minimum Gasteiger partial charge on any atom is -0.360 e. The van der Waals surface area contributed by atoms with E-state index in [9.17, 15) is 9.59 Å². The van der Waals surface area contributed by atoms with Crippen LogP contribution in [0.15, 0.2) is 36.5 Å². The SMILES string of the molecule is Cc1nn(COCC[Si](C)(C)C)c(C)c1-c1ccc(CC(=O)[C@@H](NC(=O)c2ccnn2C(C)C)C(C2CC2)C2CC2)cc1. The van der Waals surface area contributed by atoms with Crippen molar-refractivity contribution < 1.29 is 14.3 Å². The lowest BCUT2D eigenvalue weighted by molar-refractivity contribution is -0.122. The van der Waals surface area contributed by atoms with Gasteiger partial charge in [0.1, 0.15) is 12.4 Å². The van der Waals surface area contributed by atoms with Crippen LogP contribution in [0.25, 0.3) is 11.1 Å². The zero-order valence-corrected chi connectivity index (χ0v) is 28.0. The minimum atomic E-state index is -1.13. The molecule has 3 aromatic rings. The number of hydrogen-bond acceptors (Lipinski definition) is 5. The third-order valence-electron chi connectivity index (χ3n) is 8.96. The first-order valence-corrected chi connectivity index (χ1v) is 19.7. The Bertz CT molecular complexity index is 1420. The molecule has 2 aromatic heterocycles. The van der Waals surface area contributed by atoms with Crippen LogP contribution in [0.1, 0.15) is 73.0 Å². The summed E-state index contributed by atoms with van der Waals surface area (Å²) in [6.45, 7) is 16.4. The Labute approximate surface area is 257 Å². The molecule has 0 spiro atoms. The number of aromatic nitrogens is 4. The summed E-state index contributed by atoms with van der Waals surface area (Å²) in [6.07, 6.45) is 6.54. The van der Waals surface area contributed by atoms with Crippen LogP contribution in [0.2, 0.25) is 25.7 Å². The van der Waals surface area contributed by atoms with Crippen LogP contribution in [-0.4, -0.2) is 52.0 Å². The van der Waals surface area contributed by atoms with Crippen molar-refractivity contribution >= 4 is 19.8 Å². The van der Waals surface area contributed by atoms with Gasteiger partial charge in [-0.2, -0.15) is 10.2 Å². The highest BCUT2D eigenvalue weighted by molar-refractivity contribution is 6.76. The minimum absolute atomic E-state index is 0.0629. The highest BCUT2D eigenvalue weighted by Crippen LogP contribution is 2.51. The summed E-state index contributed by atoms with van der Waals surface area (Å²) >= 11 is 0. The molecule has 2 fully saturated rings. The van der Waals surface area contributed by atoms with E-state index in [1.54, 1.807) is 16.9 Å². The van der Waals surface area contributed by atoms with Crippen molar-refractivity contribution in [2.45, 2.75) is 104 Å². The first-order chi connectivity index (χ1) is 20.4. The van der Waals surface area contributed by atoms with Crippen molar-refractivity contribution in [1.29, 1.82) is 0 Å². The number of hydrogen-bond donors (Lipinski definition) is 1. The van der Waals surface area contributed by atoms with E-state index < -0.39 is 14.1 Å². The molecule has 0 aliphatic heterocycles. The lowest BCUT2D eigenvalue weighted by atomic mass is 9.85. The van der Waals surface area contributed by atoms with Gasteiger partial charge in [-0.1, -0.05) is 43.9 Å². The molecular formula is C34H49N5O3Si. The summed E-state index contributed by atoms with van der Waals surface area (Å²) in [7, 11) is -1.13. The number of rotatable bonds is 15. The third kappa shape index (κ3) is 7.73. The number of nitrogens with zero attached hydrogens (tertiary/aromatic N) is 4. The van der Waals surface area contributed by atoms with Gasteiger partial charge in [0.05, 0.1) is 11.7 Å². The second-order valence-electron chi connectivity index (χ2n) is 14.2. The Kier molecular flexibility index (Phi) is 9.42. The maximum absolute atomic E-state index is 13.9. The maximum Gasteiger partial charge on any atom is 0.270 e. The zero-order chi connectivity index (χ0) is 30.9. The number of carbonyl (C=O) groups is 2. The van der Waals surface area contributed by atoms with E-state index in [1.165, 1.54) is 0 Å². The molecular weight excluding hydrogens is 554 g/mol. The molecule has 1 amide bonds. The Hall–Kier alpha value is -3.04. The molecule has 2 aliphatic carbocycles. The molecule has 1 aromatic carbocycles. The Morgan fingerprint density at radius 3 is 2.26 bits per heavy atom. The smallest absolute Gasteiger partial charge is 0.270 e. The predicted octanol–water partition coefficient (Wildman–Crippen LogP) is 6.60. The summed E-state index contributed by atoms with van der Waals surface area (Å²) in [5.74, 6) is 1.16. The number of aryl methyl sites for hydroxylation is 1. The Morgan fingerprint density at radius 2 is 1.67 bits per heavy atom. The van der Waals surface area contributed by atoms with Crippen LogP contribution < -0.4 is 5.32 Å². The van der Waals surface area contributed by atoms with E-state index in [-0.39, 0.29) is 23.7 Å². The summed E-state index contributed by atoms with van der Waals surface area (Å²) in [4.78, 5) is 27.4. The van der Waals surface area contributed by atoms with E-state index in [4.69, 9.17) is 9.84 Å². The summed E-state index contributed by atoms with van der Waals surface area (Å²) in [5.41, 5.74) is 5.71. The van der Waals surface area contributed by atoms with Crippen LogP contribution >= 0.6 is 0 Å². The second-order valence-corrected chi connectivity index (χ2v) is 19.8. The third-order valence-corrected chi connectivity index (χ3v) is 10.7. The fourth-order valence-corrected chi connectivity index (χ4v) is 7.03. The Morgan fingerprint density at radius 1 is 1.02 bits per heavy atom. The first-order valence-electron chi connectivity index (χ1n) is 16.0. The molecule has 8 nitrogen and oxygen atoms in total. The van der Waals surface area contributed by atoms with Crippen LogP contribution in [-0.2, 0) is 22.7 Å². The van der Waals surface area contributed by atoms with Crippen LogP contribution in [0.4, 0.5) is 0 Å². The van der Waals surface area contributed by atoms with Crippen LogP contribution in [0.3, 0.4) is 0 Å². The molecule has 1 N–H and O–H groups in total. The van der Waals surface area contributed by atoms with E-state index in [2.05, 4.69) is 49.1 Å². The topological polar surface area (TPSA) is 91.0 Å². The van der Waals surface area contributed by atoms with Crippen molar-refractivity contribution in [3.63, 3.8) is 0 Å². The van der Waals surface area contributed by atoms with Crippen LogP contribution in [0.5, 0.6) is 0 Å². The van der Waals surface area contributed by atoms with E-state index >= 15 is 0 Å². The molecule has 43 heavy (non-hydrogen) atoms. The highest BCUT2D eigenvalue weighted by atomic mass is 28.3. The first kappa shape index (κ1) is 31.4. The van der Waals surface area contributed by atoms with E-state index in [0.29, 0.717) is 30.7 Å².